The molecule has 6 heteroatoms. The predicted octanol–water partition coefficient (Wildman–Crippen LogP) is 1.84. The zero-order valence-corrected chi connectivity index (χ0v) is 15.9. The largest absolute Gasteiger partial charge is 0.383 e. The molecule has 2 aliphatic rings. The van der Waals surface area contributed by atoms with E-state index in [2.05, 4.69) is 26.7 Å². The number of ether oxygens (including phenoxy) is 1. The standard InChI is InChI=1S/C21H28N4O2/c1-2-17-14-22-20(23-15-17)25-9-8-21(26,18-6-4-3-5-7-18)19(16-25)24-10-12-27-13-11-24/h3-7,14-15,19,26H,2,8-13,16H2,1H3/t19-,21+/m1/s1. The zero-order chi connectivity index (χ0) is 18.7. The molecule has 4 rings (SSSR count). The van der Waals surface area contributed by atoms with Gasteiger partial charge in [0, 0.05) is 38.6 Å². The third-order valence-corrected chi connectivity index (χ3v) is 5.85. The first-order valence-corrected chi connectivity index (χ1v) is 9.86. The number of hydrogen-bond acceptors (Lipinski definition) is 6. The fraction of sp³-hybridized carbons (Fsp3) is 0.524. The molecule has 2 aliphatic heterocycles. The highest BCUT2D eigenvalue weighted by Gasteiger charge is 2.46. The summed E-state index contributed by atoms with van der Waals surface area (Å²) >= 11 is 0. The van der Waals surface area contributed by atoms with Crippen LogP contribution >= 0.6 is 0 Å². The van der Waals surface area contributed by atoms with Gasteiger partial charge in [0.05, 0.1) is 19.3 Å². The second-order valence-corrected chi connectivity index (χ2v) is 7.40. The first-order chi connectivity index (χ1) is 13.2. The molecule has 0 radical (unpaired) electrons. The molecule has 0 saturated carbocycles. The molecule has 27 heavy (non-hydrogen) atoms. The van der Waals surface area contributed by atoms with Crippen LogP contribution in [-0.4, -0.2) is 65.4 Å². The Morgan fingerprint density at radius 3 is 2.48 bits per heavy atom. The summed E-state index contributed by atoms with van der Waals surface area (Å²) in [6, 6.07) is 10.1. The van der Waals surface area contributed by atoms with Gasteiger partial charge in [0.2, 0.25) is 5.95 Å². The van der Waals surface area contributed by atoms with Crippen molar-refractivity contribution in [1.29, 1.82) is 0 Å². The summed E-state index contributed by atoms with van der Waals surface area (Å²) in [4.78, 5) is 13.7. The maximum Gasteiger partial charge on any atom is 0.225 e. The van der Waals surface area contributed by atoms with E-state index in [1.165, 1.54) is 0 Å². The van der Waals surface area contributed by atoms with E-state index >= 15 is 0 Å². The summed E-state index contributed by atoms with van der Waals surface area (Å²) < 4.78 is 5.54. The van der Waals surface area contributed by atoms with Gasteiger partial charge in [0.15, 0.2) is 0 Å². The van der Waals surface area contributed by atoms with Crippen LogP contribution in [-0.2, 0) is 16.8 Å². The fourth-order valence-corrected chi connectivity index (χ4v) is 4.17. The molecule has 0 unspecified atom stereocenters. The maximum atomic E-state index is 11.8. The normalized spacial score (nSPS) is 26.9. The number of aryl methyl sites for hydroxylation is 1. The molecule has 0 bridgehead atoms. The van der Waals surface area contributed by atoms with Crippen LogP contribution in [0.4, 0.5) is 5.95 Å². The van der Waals surface area contributed by atoms with Crippen molar-refractivity contribution in [2.75, 3.05) is 44.3 Å². The van der Waals surface area contributed by atoms with Gasteiger partial charge in [-0.2, -0.15) is 0 Å². The molecule has 6 nitrogen and oxygen atoms in total. The molecule has 1 N–H and O–H groups in total. The van der Waals surface area contributed by atoms with E-state index in [0.29, 0.717) is 26.2 Å². The van der Waals surface area contributed by atoms with E-state index in [0.717, 1.165) is 43.1 Å². The second-order valence-electron chi connectivity index (χ2n) is 7.40. The van der Waals surface area contributed by atoms with E-state index in [4.69, 9.17) is 4.74 Å². The highest BCUT2D eigenvalue weighted by molar-refractivity contribution is 5.35. The minimum absolute atomic E-state index is 0.0213. The number of benzene rings is 1. The Morgan fingerprint density at radius 2 is 1.81 bits per heavy atom. The summed E-state index contributed by atoms with van der Waals surface area (Å²) in [5, 5.41) is 11.8. The SMILES string of the molecule is CCc1cnc(N2CC[C@](O)(c3ccccc3)[C@H](N3CCOCC3)C2)nc1. The van der Waals surface area contributed by atoms with Gasteiger partial charge in [-0.3, -0.25) is 4.90 Å². The summed E-state index contributed by atoms with van der Waals surface area (Å²) in [6.07, 6.45) is 5.40. The number of nitrogens with zero attached hydrogens (tertiary/aromatic N) is 4. The lowest BCUT2D eigenvalue weighted by molar-refractivity contribution is -0.0912. The van der Waals surface area contributed by atoms with E-state index in [-0.39, 0.29) is 6.04 Å². The first kappa shape index (κ1) is 18.3. The summed E-state index contributed by atoms with van der Waals surface area (Å²) in [6.45, 7) is 6.64. The maximum absolute atomic E-state index is 11.8. The second kappa shape index (κ2) is 7.92. The Morgan fingerprint density at radius 1 is 1.11 bits per heavy atom. The minimum Gasteiger partial charge on any atom is -0.383 e. The molecule has 2 saturated heterocycles. The Kier molecular flexibility index (Phi) is 5.38. The molecule has 1 aromatic carbocycles. The third-order valence-electron chi connectivity index (χ3n) is 5.85. The van der Waals surface area contributed by atoms with E-state index < -0.39 is 5.60 Å². The number of morpholine rings is 1. The van der Waals surface area contributed by atoms with Gasteiger partial charge in [-0.1, -0.05) is 37.3 Å². The van der Waals surface area contributed by atoms with Gasteiger partial charge < -0.3 is 14.7 Å². The highest BCUT2D eigenvalue weighted by atomic mass is 16.5. The topological polar surface area (TPSA) is 61.7 Å². The lowest BCUT2D eigenvalue weighted by Crippen LogP contribution is -2.62. The molecule has 0 spiro atoms. The summed E-state index contributed by atoms with van der Waals surface area (Å²) in [7, 11) is 0. The van der Waals surface area contributed by atoms with Gasteiger partial charge >= 0.3 is 0 Å². The zero-order valence-electron chi connectivity index (χ0n) is 15.9. The molecular formula is C21H28N4O2. The Hall–Kier alpha value is -2.02. The smallest absolute Gasteiger partial charge is 0.225 e. The van der Waals surface area contributed by atoms with Crippen LogP contribution in [0.25, 0.3) is 0 Å². The van der Waals surface area contributed by atoms with Crippen LogP contribution < -0.4 is 4.90 Å². The van der Waals surface area contributed by atoms with Crippen LogP contribution in [0.15, 0.2) is 42.7 Å². The lowest BCUT2D eigenvalue weighted by Gasteiger charge is -2.50. The Balaban J connectivity index is 1.62. The first-order valence-electron chi connectivity index (χ1n) is 9.86. The molecular weight excluding hydrogens is 340 g/mol. The molecule has 0 aliphatic carbocycles. The summed E-state index contributed by atoms with van der Waals surface area (Å²) in [5.74, 6) is 0.751. The van der Waals surface area contributed by atoms with Crippen molar-refractivity contribution in [3.63, 3.8) is 0 Å². The van der Waals surface area contributed by atoms with Gasteiger partial charge in [0.25, 0.3) is 0 Å². The van der Waals surface area contributed by atoms with E-state index in [1.54, 1.807) is 0 Å². The molecule has 0 amide bonds. The number of aromatic nitrogens is 2. The average Bonchev–Trinajstić information content (AvgIpc) is 2.75. The van der Waals surface area contributed by atoms with Crippen molar-refractivity contribution in [1.82, 2.24) is 14.9 Å². The Labute approximate surface area is 160 Å². The predicted molar refractivity (Wildman–Crippen MR) is 105 cm³/mol. The molecule has 2 fully saturated rings. The van der Waals surface area contributed by atoms with Crippen LogP contribution in [0.1, 0.15) is 24.5 Å². The van der Waals surface area contributed by atoms with Gasteiger partial charge in [-0.15, -0.1) is 0 Å². The number of hydrogen-bond donors (Lipinski definition) is 1. The van der Waals surface area contributed by atoms with Gasteiger partial charge in [-0.05, 0) is 24.0 Å². The van der Waals surface area contributed by atoms with Gasteiger partial charge in [-0.25, -0.2) is 9.97 Å². The number of piperidine rings is 1. The van der Waals surface area contributed by atoms with Crippen molar-refractivity contribution in [2.45, 2.75) is 31.4 Å². The van der Waals surface area contributed by atoms with Crippen LogP contribution in [0.5, 0.6) is 0 Å². The molecule has 144 valence electrons. The lowest BCUT2D eigenvalue weighted by atomic mass is 9.79. The molecule has 3 heterocycles. The minimum atomic E-state index is -0.877. The highest BCUT2D eigenvalue weighted by Crippen LogP contribution is 2.37. The monoisotopic (exact) mass is 368 g/mol. The molecule has 2 aromatic rings. The van der Waals surface area contributed by atoms with Crippen molar-refractivity contribution < 1.29 is 9.84 Å². The van der Waals surface area contributed by atoms with Crippen LogP contribution in [0.2, 0.25) is 0 Å². The molecule has 2 atom stereocenters. The Bertz CT molecular complexity index is 734. The molecule has 1 aromatic heterocycles. The van der Waals surface area contributed by atoms with Crippen molar-refractivity contribution in [3.05, 3.63) is 53.9 Å². The van der Waals surface area contributed by atoms with E-state index in [1.807, 2.05) is 42.7 Å². The van der Waals surface area contributed by atoms with Crippen molar-refractivity contribution in [3.8, 4) is 0 Å². The number of anilines is 1. The summed E-state index contributed by atoms with van der Waals surface area (Å²) in [5.41, 5.74) is 1.25. The van der Waals surface area contributed by atoms with Gasteiger partial charge in [0.1, 0.15) is 5.60 Å². The van der Waals surface area contributed by atoms with Crippen LogP contribution in [0, 0.1) is 0 Å². The van der Waals surface area contributed by atoms with E-state index in [9.17, 15) is 5.11 Å². The van der Waals surface area contributed by atoms with Crippen molar-refractivity contribution in [2.24, 2.45) is 0 Å². The van der Waals surface area contributed by atoms with Crippen molar-refractivity contribution >= 4 is 5.95 Å². The average molecular weight is 368 g/mol. The third kappa shape index (κ3) is 3.70. The number of rotatable bonds is 4. The van der Waals surface area contributed by atoms with Crippen LogP contribution in [0.3, 0.4) is 0 Å². The number of aliphatic hydroxyl groups is 1. The quantitative estimate of drug-likeness (QED) is 0.889. The fourth-order valence-electron chi connectivity index (χ4n) is 4.17.